The van der Waals surface area contributed by atoms with Crippen molar-refractivity contribution in [2.75, 3.05) is 13.1 Å². The lowest BCUT2D eigenvalue weighted by Crippen LogP contribution is -2.40. The Morgan fingerprint density at radius 1 is 1.10 bits per heavy atom. The van der Waals surface area contributed by atoms with Crippen molar-refractivity contribution in [3.05, 3.63) is 86.0 Å². The molecule has 0 radical (unpaired) electrons. The number of amides is 1. The van der Waals surface area contributed by atoms with E-state index in [0.29, 0.717) is 35.6 Å². The lowest BCUT2D eigenvalue weighted by atomic mass is 9.93. The number of allylic oxidation sites excluding steroid dienone is 2. The summed E-state index contributed by atoms with van der Waals surface area (Å²) in [7, 11) is 1.61. The first-order chi connectivity index (χ1) is 18.8. The van der Waals surface area contributed by atoms with Crippen molar-refractivity contribution >= 4 is 27.7 Å². The van der Waals surface area contributed by atoms with Crippen molar-refractivity contribution in [1.29, 1.82) is 0 Å². The van der Waals surface area contributed by atoms with E-state index in [1.54, 1.807) is 13.2 Å². The summed E-state index contributed by atoms with van der Waals surface area (Å²) in [6.07, 6.45) is 7.37. The van der Waals surface area contributed by atoms with Crippen molar-refractivity contribution in [2.24, 2.45) is 18.7 Å². The van der Waals surface area contributed by atoms with E-state index >= 15 is 0 Å². The number of nitrogens with two attached hydrogens (primary N) is 1. The molecule has 3 N–H and O–H groups in total. The molecule has 4 heterocycles. The summed E-state index contributed by atoms with van der Waals surface area (Å²) < 4.78 is 4.54. The number of carbonyl (C=O) groups is 1. The molecule has 1 aliphatic rings. The maximum absolute atomic E-state index is 14.2. The third-order valence-corrected chi connectivity index (χ3v) is 7.82. The van der Waals surface area contributed by atoms with Gasteiger partial charge in [0.05, 0.1) is 23.3 Å². The van der Waals surface area contributed by atoms with Gasteiger partial charge in [-0.1, -0.05) is 35.9 Å². The van der Waals surface area contributed by atoms with Crippen LogP contribution < -0.4 is 22.3 Å². The molecule has 0 saturated carbocycles. The van der Waals surface area contributed by atoms with Crippen LogP contribution in [-0.2, 0) is 26.6 Å². The predicted molar refractivity (Wildman–Crippen MR) is 154 cm³/mol. The van der Waals surface area contributed by atoms with E-state index in [0.717, 1.165) is 54.4 Å². The van der Waals surface area contributed by atoms with E-state index in [2.05, 4.69) is 10.3 Å². The van der Waals surface area contributed by atoms with Crippen molar-refractivity contribution in [1.82, 2.24) is 24.0 Å². The molecule has 39 heavy (non-hydrogen) atoms. The van der Waals surface area contributed by atoms with Crippen LogP contribution >= 0.6 is 0 Å². The second-order valence-electron chi connectivity index (χ2n) is 10.7. The number of carbonyl (C=O) groups excluding carboxylic acids is 1. The van der Waals surface area contributed by atoms with Crippen LogP contribution in [0.1, 0.15) is 54.9 Å². The second kappa shape index (κ2) is 11.0. The van der Waals surface area contributed by atoms with Gasteiger partial charge >= 0.3 is 5.69 Å². The molecular formula is C30H36N6O3. The van der Waals surface area contributed by atoms with E-state index in [9.17, 15) is 14.4 Å². The first kappa shape index (κ1) is 26.6. The minimum Gasteiger partial charge on any atom is -0.365 e. The summed E-state index contributed by atoms with van der Waals surface area (Å²) in [5.41, 5.74) is 8.38. The van der Waals surface area contributed by atoms with Gasteiger partial charge in [-0.05, 0) is 70.0 Å². The number of benzene rings is 1. The molecule has 1 amide bonds. The molecular weight excluding hydrogens is 492 g/mol. The number of primary amides is 1. The first-order valence-electron chi connectivity index (χ1n) is 13.6. The Bertz CT molecular complexity index is 1690. The summed E-state index contributed by atoms with van der Waals surface area (Å²) in [4.78, 5) is 45.3. The average molecular weight is 529 g/mol. The Morgan fingerprint density at radius 3 is 2.67 bits per heavy atom. The monoisotopic (exact) mass is 528 g/mol. The van der Waals surface area contributed by atoms with Crippen LogP contribution in [0.4, 0.5) is 0 Å². The Labute approximate surface area is 227 Å². The van der Waals surface area contributed by atoms with E-state index in [-0.39, 0.29) is 12.1 Å². The number of hydrogen-bond acceptors (Lipinski definition) is 5. The number of nitrogens with one attached hydrogen (secondary N) is 1. The zero-order valence-electron chi connectivity index (χ0n) is 22.9. The maximum atomic E-state index is 14.2. The molecule has 1 aliphatic heterocycles. The number of pyridine rings is 1. The Balaban J connectivity index is 1.76. The number of aryl methyl sites for hydroxylation is 1. The highest BCUT2D eigenvalue weighted by Gasteiger charge is 2.29. The molecule has 0 unspecified atom stereocenters. The van der Waals surface area contributed by atoms with Crippen LogP contribution in [0.25, 0.3) is 21.8 Å². The molecule has 1 aromatic carbocycles. The van der Waals surface area contributed by atoms with Gasteiger partial charge in [0, 0.05) is 30.9 Å². The Morgan fingerprint density at radius 2 is 1.90 bits per heavy atom. The SMILES string of the molecule is CC(C)=CCn1c(C[C@H]2CCCNCC2)c(C(N)=O)c2c1c(=O)n(Cc1nccc3ccccc13)c(=O)n2C. The van der Waals surface area contributed by atoms with Gasteiger partial charge in [0.2, 0.25) is 0 Å². The zero-order valence-corrected chi connectivity index (χ0v) is 22.9. The first-order valence-corrected chi connectivity index (χ1v) is 13.6. The molecule has 204 valence electrons. The highest BCUT2D eigenvalue weighted by molar-refractivity contribution is 6.06. The van der Waals surface area contributed by atoms with Crippen molar-refractivity contribution in [3.8, 4) is 0 Å². The normalized spacial score (nSPS) is 15.9. The van der Waals surface area contributed by atoms with Gasteiger partial charge in [0.25, 0.3) is 11.5 Å². The van der Waals surface area contributed by atoms with E-state index in [1.165, 1.54) is 9.13 Å². The van der Waals surface area contributed by atoms with Crippen molar-refractivity contribution in [2.45, 2.75) is 52.6 Å². The summed E-state index contributed by atoms with van der Waals surface area (Å²) in [6.45, 7) is 6.31. The van der Waals surface area contributed by atoms with E-state index in [1.807, 2.05) is 54.8 Å². The fraction of sp³-hybridized carbons (Fsp3) is 0.400. The number of fused-ring (bicyclic) bond motifs is 2. The van der Waals surface area contributed by atoms with E-state index < -0.39 is 17.2 Å². The van der Waals surface area contributed by atoms with Gasteiger partial charge < -0.3 is 15.6 Å². The summed E-state index contributed by atoms with van der Waals surface area (Å²) >= 11 is 0. The number of aromatic nitrogens is 4. The molecule has 0 bridgehead atoms. The smallest absolute Gasteiger partial charge is 0.331 e. The fourth-order valence-electron chi connectivity index (χ4n) is 5.80. The molecule has 5 rings (SSSR count). The quantitative estimate of drug-likeness (QED) is 0.358. The zero-order chi connectivity index (χ0) is 27.7. The molecule has 1 saturated heterocycles. The van der Waals surface area contributed by atoms with Crippen molar-refractivity contribution in [3.63, 3.8) is 0 Å². The molecule has 3 aromatic heterocycles. The van der Waals surface area contributed by atoms with Gasteiger partial charge in [-0.2, -0.15) is 0 Å². The lowest BCUT2D eigenvalue weighted by Gasteiger charge is -2.17. The molecule has 1 fully saturated rings. The largest absolute Gasteiger partial charge is 0.365 e. The van der Waals surface area contributed by atoms with Crippen molar-refractivity contribution < 1.29 is 4.79 Å². The molecule has 1 atom stereocenters. The number of rotatable bonds is 7. The second-order valence-corrected chi connectivity index (χ2v) is 10.7. The minimum atomic E-state index is -0.624. The Hall–Kier alpha value is -3.98. The Kier molecular flexibility index (Phi) is 7.52. The lowest BCUT2D eigenvalue weighted by molar-refractivity contribution is 0.1000. The van der Waals surface area contributed by atoms with Crippen LogP contribution in [0.2, 0.25) is 0 Å². The standard InChI is InChI=1S/C30H36N6O3/c1-19(2)12-16-35-24(17-20-7-6-13-32-14-10-20)25(28(31)37)26-27(35)29(38)36(30(39)34(26)3)18-23-22-9-5-4-8-21(22)11-15-33-23/h4-5,8-9,11-12,15,20,32H,6-7,10,13-14,16-18H2,1-3H3,(H2,31,37)/t20-/m0/s1. The predicted octanol–water partition coefficient (Wildman–Crippen LogP) is 3.10. The van der Waals surface area contributed by atoms with Gasteiger partial charge in [0.15, 0.2) is 0 Å². The third-order valence-electron chi connectivity index (χ3n) is 7.82. The molecule has 9 heteroatoms. The van der Waals surface area contributed by atoms with Crippen LogP contribution in [0.3, 0.4) is 0 Å². The fourth-order valence-corrected chi connectivity index (χ4v) is 5.80. The highest BCUT2D eigenvalue weighted by Crippen LogP contribution is 2.29. The third kappa shape index (κ3) is 5.06. The van der Waals surface area contributed by atoms with Crippen LogP contribution in [0.5, 0.6) is 0 Å². The van der Waals surface area contributed by atoms with E-state index in [4.69, 9.17) is 5.73 Å². The molecule has 4 aromatic rings. The van der Waals surface area contributed by atoms with Crippen LogP contribution in [-0.4, -0.2) is 37.7 Å². The number of nitrogens with zero attached hydrogens (tertiary/aromatic N) is 4. The topological polar surface area (TPSA) is 117 Å². The molecule has 0 spiro atoms. The molecule has 0 aliphatic carbocycles. The highest BCUT2D eigenvalue weighted by atomic mass is 16.2. The van der Waals surface area contributed by atoms with Gasteiger partial charge in [-0.15, -0.1) is 0 Å². The van der Waals surface area contributed by atoms with Crippen LogP contribution in [0.15, 0.2) is 57.8 Å². The van der Waals surface area contributed by atoms with Crippen LogP contribution in [0, 0.1) is 5.92 Å². The van der Waals surface area contributed by atoms with Gasteiger partial charge in [-0.25, -0.2) is 4.79 Å². The maximum Gasteiger partial charge on any atom is 0.331 e. The summed E-state index contributed by atoms with van der Waals surface area (Å²) in [5, 5.41) is 5.30. The minimum absolute atomic E-state index is 0.0200. The summed E-state index contributed by atoms with van der Waals surface area (Å²) in [6, 6.07) is 9.67. The van der Waals surface area contributed by atoms with Gasteiger partial charge in [0.1, 0.15) is 5.52 Å². The molecule has 9 nitrogen and oxygen atoms in total. The number of hydrogen-bond donors (Lipinski definition) is 2. The van der Waals surface area contributed by atoms with Gasteiger partial charge in [-0.3, -0.25) is 23.7 Å². The summed E-state index contributed by atoms with van der Waals surface area (Å²) in [5.74, 6) is -0.285. The average Bonchev–Trinajstić information content (AvgIpc) is 3.03.